The lowest BCUT2D eigenvalue weighted by molar-refractivity contribution is -0.115. The van der Waals surface area contributed by atoms with E-state index >= 15 is 0 Å². The zero-order valence-corrected chi connectivity index (χ0v) is 22.1. The highest BCUT2D eigenvalue weighted by Gasteiger charge is 2.52. The first-order valence-electron chi connectivity index (χ1n) is 11.1. The van der Waals surface area contributed by atoms with E-state index in [0.717, 1.165) is 12.8 Å². The van der Waals surface area contributed by atoms with E-state index in [9.17, 15) is 13.2 Å². The van der Waals surface area contributed by atoms with Gasteiger partial charge < -0.3 is 9.73 Å². The Balaban J connectivity index is 1.34. The van der Waals surface area contributed by atoms with Gasteiger partial charge in [-0.3, -0.25) is 9.78 Å². The van der Waals surface area contributed by atoms with E-state index in [1.807, 2.05) is 0 Å². The maximum atomic E-state index is 12.6. The predicted octanol–water partition coefficient (Wildman–Crippen LogP) is 6.24. The van der Waals surface area contributed by atoms with Crippen LogP contribution in [0.2, 0.25) is 15.1 Å². The van der Waals surface area contributed by atoms with E-state index in [2.05, 4.69) is 15.3 Å². The Morgan fingerprint density at radius 2 is 1.81 bits per heavy atom. The Morgan fingerprint density at radius 3 is 2.42 bits per heavy atom. The molecule has 1 amide bonds. The number of benzene rings is 2. The topological polar surface area (TPSA) is 102 Å². The number of sulfone groups is 1. The van der Waals surface area contributed by atoms with E-state index in [0.29, 0.717) is 49.0 Å². The van der Waals surface area contributed by atoms with Crippen LogP contribution < -0.4 is 5.32 Å². The fourth-order valence-corrected chi connectivity index (χ4v) is 5.97. The van der Waals surface area contributed by atoms with Gasteiger partial charge in [0.05, 0.1) is 22.5 Å². The van der Waals surface area contributed by atoms with Crippen molar-refractivity contribution in [2.24, 2.45) is 0 Å². The molecule has 0 atom stereocenters. The molecular weight excluding hydrogens is 545 g/mol. The first-order chi connectivity index (χ1) is 17.1. The van der Waals surface area contributed by atoms with Crippen LogP contribution >= 0.6 is 34.8 Å². The van der Waals surface area contributed by atoms with Gasteiger partial charge in [-0.05, 0) is 49.2 Å². The summed E-state index contributed by atoms with van der Waals surface area (Å²) in [5.74, 6) is 0.166. The zero-order valence-electron chi connectivity index (χ0n) is 19.0. The second-order valence-electron chi connectivity index (χ2n) is 8.64. The van der Waals surface area contributed by atoms with Gasteiger partial charge in [0, 0.05) is 44.3 Å². The van der Waals surface area contributed by atoms with Crippen molar-refractivity contribution in [2.45, 2.75) is 36.5 Å². The molecule has 4 aromatic rings. The molecule has 0 unspecified atom stereocenters. The average Bonchev–Trinajstić information content (AvgIpc) is 3.50. The molecule has 2 aromatic heterocycles. The highest BCUT2D eigenvalue weighted by Crippen LogP contribution is 2.57. The Morgan fingerprint density at radius 1 is 1.08 bits per heavy atom. The van der Waals surface area contributed by atoms with Gasteiger partial charge in [-0.2, -0.15) is 0 Å². The summed E-state index contributed by atoms with van der Waals surface area (Å²) in [5, 5.41) is 4.12. The molecule has 36 heavy (non-hydrogen) atoms. The molecule has 0 aliphatic heterocycles. The summed E-state index contributed by atoms with van der Waals surface area (Å²) in [6.07, 6.45) is 2.76. The number of anilines is 1. The van der Waals surface area contributed by atoms with Crippen LogP contribution in [0.1, 0.15) is 36.9 Å². The Labute approximate surface area is 222 Å². The van der Waals surface area contributed by atoms with Crippen LogP contribution in [0.25, 0.3) is 11.1 Å². The highest BCUT2D eigenvalue weighted by molar-refractivity contribution is 7.91. The van der Waals surface area contributed by atoms with Crippen LogP contribution in [0, 0.1) is 0 Å². The van der Waals surface area contributed by atoms with Crippen molar-refractivity contribution in [3.05, 3.63) is 80.9 Å². The predicted molar refractivity (Wildman–Crippen MR) is 140 cm³/mol. The Kier molecular flexibility index (Phi) is 6.49. The van der Waals surface area contributed by atoms with Crippen molar-refractivity contribution in [3.63, 3.8) is 0 Å². The lowest BCUT2D eigenvalue weighted by Gasteiger charge is -2.17. The first kappa shape index (κ1) is 25.0. The van der Waals surface area contributed by atoms with E-state index in [1.54, 1.807) is 37.3 Å². The average molecular weight is 565 g/mol. The lowest BCUT2D eigenvalue weighted by Crippen LogP contribution is -2.16. The number of pyridine rings is 1. The molecule has 1 fully saturated rings. The van der Waals surface area contributed by atoms with Crippen molar-refractivity contribution in [3.8, 4) is 0 Å². The summed E-state index contributed by atoms with van der Waals surface area (Å²) in [4.78, 5) is 21.5. The SMILES string of the molecule is CCS(=O)(=O)c1ccc(CC(=O)Nc2cc(Cl)c(C3(c4nc5ccc(Cl)cc5o4)CC3)c(Cl)c2)nc1. The number of rotatable bonds is 7. The molecule has 1 aliphatic carbocycles. The molecule has 5 rings (SSSR count). The number of oxazole rings is 1. The van der Waals surface area contributed by atoms with Crippen LogP contribution in [0.4, 0.5) is 5.69 Å². The van der Waals surface area contributed by atoms with Crippen molar-refractivity contribution < 1.29 is 17.6 Å². The van der Waals surface area contributed by atoms with Crippen LogP contribution in [0.3, 0.4) is 0 Å². The second-order valence-corrected chi connectivity index (χ2v) is 12.2. The summed E-state index contributed by atoms with van der Waals surface area (Å²) in [6.45, 7) is 1.56. The molecule has 1 aliphatic rings. The number of amides is 1. The van der Waals surface area contributed by atoms with Gasteiger partial charge in [-0.25, -0.2) is 13.4 Å². The van der Waals surface area contributed by atoms with Gasteiger partial charge >= 0.3 is 0 Å². The molecular formula is C25H20Cl3N3O4S. The number of halogens is 3. The van der Waals surface area contributed by atoms with E-state index < -0.39 is 15.3 Å². The summed E-state index contributed by atoms with van der Waals surface area (Å²) in [7, 11) is -3.35. The Bertz CT molecular complexity index is 1570. The number of nitrogens with zero attached hydrogens (tertiary/aromatic N) is 2. The quantitative estimate of drug-likeness (QED) is 0.285. The Hall–Kier alpha value is -2.65. The molecule has 7 nitrogen and oxygen atoms in total. The van der Waals surface area contributed by atoms with Crippen molar-refractivity contribution in [2.75, 3.05) is 11.1 Å². The van der Waals surface area contributed by atoms with Crippen LogP contribution in [0.5, 0.6) is 0 Å². The minimum absolute atomic E-state index is 0.0198. The molecule has 0 bridgehead atoms. The van der Waals surface area contributed by atoms with Gasteiger partial charge in [0.1, 0.15) is 5.52 Å². The zero-order chi connectivity index (χ0) is 25.7. The molecule has 2 aromatic carbocycles. The monoisotopic (exact) mass is 563 g/mol. The number of hydrogen-bond acceptors (Lipinski definition) is 6. The van der Waals surface area contributed by atoms with Gasteiger partial charge in [0.15, 0.2) is 15.4 Å². The van der Waals surface area contributed by atoms with E-state index in [4.69, 9.17) is 39.2 Å². The first-order valence-corrected chi connectivity index (χ1v) is 13.9. The standard InChI is InChI=1S/C25H20Cl3N3O4S/c1-2-36(33,34)17-5-4-15(29-13-17)12-22(32)30-16-10-18(27)23(19(28)11-16)25(7-8-25)24-31-20-6-3-14(26)9-21(20)35-24/h3-6,9-11,13H,2,7-8,12H2,1H3,(H,30,32). The maximum absolute atomic E-state index is 12.6. The van der Waals surface area contributed by atoms with Crippen molar-refractivity contribution >= 4 is 67.3 Å². The van der Waals surface area contributed by atoms with Gasteiger partial charge in [0.2, 0.25) is 11.8 Å². The molecule has 0 spiro atoms. The van der Waals surface area contributed by atoms with Crippen molar-refractivity contribution in [1.82, 2.24) is 9.97 Å². The minimum Gasteiger partial charge on any atom is -0.440 e. The second kappa shape index (κ2) is 9.34. The third kappa shape index (κ3) is 4.70. The normalized spacial score (nSPS) is 14.7. The van der Waals surface area contributed by atoms with E-state index in [-0.39, 0.29) is 23.0 Å². The maximum Gasteiger partial charge on any atom is 0.230 e. The van der Waals surface area contributed by atoms with Crippen LogP contribution in [-0.2, 0) is 26.5 Å². The summed E-state index contributed by atoms with van der Waals surface area (Å²) in [6, 6.07) is 11.5. The number of aromatic nitrogens is 2. The van der Waals surface area contributed by atoms with Gasteiger partial charge in [0.25, 0.3) is 0 Å². The van der Waals surface area contributed by atoms with E-state index in [1.165, 1.54) is 18.3 Å². The minimum atomic E-state index is -3.35. The molecule has 1 saturated carbocycles. The molecule has 0 radical (unpaired) electrons. The summed E-state index contributed by atoms with van der Waals surface area (Å²) in [5.41, 5.74) is 2.33. The molecule has 0 saturated heterocycles. The largest absolute Gasteiger partial charge is 0.440 e. The summed E-state index contributed by atoms with van der Waals surface area (Å²) >= 11 is 19.4. The number of hydrogen-bond donors (Lipinski definition) is 1. The smallest absolute Gasteiger partial charge is 0.230 e. The highest BCUT2D eigenvalue weighted by atomic mass is 35.5. The number of carbonyl (C=O) groups is 1. The number of fused-ring (bicyclic) bond motifs is 1. The van der Waals surface area contributed by atoms with Crippen molar-refractivity contribution in [1.29, 1.82) is 0 Å². The van der Waals surface area contributed by atoms with Gasteiger partial charge in [-0.1, -0.05) is 41.7 Å². The molecule has 1 N–H and O–H groups in total. The lowest BCUT2D eigenvalue weighted by atomic mass is 9.95. The summed E-state index contributed by atoms with van der Waals surface area (Å²) < 4.78 is 29.9. The number of carbonyl (C=O) groups excluding carboxylic acids is 1. The number of nitrogens with one attached hydrogen (secondary N) is 1. The van der Waals surface area contributed by atoms with Crippen LogP contribution in [-0.4, -0.2) is 30.0 Å². The molecule has 186 valence electrons. The third-order valence-corrected chi connectivity index (χ3v) is 8.74. The fraction of sp³-hybridized carbons (Fsp3) is 0.240. The van der Waals surface area contributed by atoms with Gasteiger partial charge in [-0.15, -0.1) is 0 Å². The van der Waals surface area contributed by atoms with Crippen LogP contribution in [0.15, 0.2) is 58.0 Å². The fourth-order valence-electron chi connectivity index (χ4n) is 4.14. The molecule has 2 heterocycles. The molecule has 11 heteroatoms. The third-order valence-electron chi connectivity index (χ3n) is 6.19.